The van der Waals surface area contributed by atoms with E-state index in [-0.39, 0.29) is 16.7 Å². The second-order valence-electron chi connectivity index (χ2n) is 7.18. The summed E-state index contributed by atoms with van der Waals surface area (Å²) in [4.78, 5) is 12.2. The first-order valence-electron chi connectivity index (χ1n) is 7.76. The van der Waals surface area contributed by atoms with Gasteiger partial charge >= 0.3 is 0 Å². The second kappa shape index (κ2) is 4.95. The molecule has 0 aliphatic heterocycles. The minimum absolute atomic E-state index is 0.0929. The molecule has 0 heterocycles. The van der Waals surface area contributed by atoms with Gasteiger partial charge in [-0.2, -0.15) is 10.4 Å². The predicted molar refractivity (Wildman–Crippen MR) is 85.3 cm³/mol. The van der Waals surface area contributed by atoms with Crippen LogP contribution in [0, 0.1) is 28.1 Å². The summed E-state index contributed by atoms with van der Waals surface area (Å²) in [6.45, 7) is 6.90. The lowest BCUT2D eigenvalue weighted by Crippen LogP contribution is -2.34. The Morgan fingerprint density at radius 3 is 2.50 bits per heavy atom. The molecule has 3 rings (SSSR count). The Hall–Kier alpha value is -2.15. The highest BCUT2D eigenvalue weighted by molar-refractivity contribution is 5.98. The maximum atomic E-state index is 12.2. The molecule has 2 aliphatic rings. The molecule has 22 heavy (non-hydrogen) atoms. The van der Waals surface area contributed by atoms with E-state index in [0.717, 1.165) is 18.6 Å². The highest BCUT2D eigenvalue weighted by atomic mass is 16.2. The summed E-state index contributed by atoms with van der Waals surface area (Å²) in [5, 5.41) is 13.2. The van der Waals surface area contributed by atoms with Crippen molar-refractivity contribution in [3.63, 3.8) is 0 Å². The van der Waals surface area contributed by atoms with Gasteiger partial charge in [-0.05, 0) is 54.9 Å². The second-order valence-corrected chi connectivity index (χ2v) is 7.18. The van der Waals surface area contributed by atoms with Crippen LogP contribution in [0.3, 0.4) is 0 Å². The smallest absolute Gasteiger partial charge is 0.267 e. The Bertz CT molecular complexity index is 681. The highest BCUT2D eigenvalue weighted by Gasteiger charge is 2.59. The van der Waals surface area contributed by atoms with Gasteiger partial charge in [0.25, 0.3) is 5.91 Å². The van der Waals surface area contributed by atoms with Crippen molar-refractivity contribution in [3.8, 4) is 6.07 Å². The van der Waals surface area contributed by atoms with Crippen molar-refractivity contribution < 1.29 is 4.79 Å². The first-order chi connectivity index (χ1) is 10.4. The maximum absolute atomic E-state index is 12.2. The van der Waals surface area contributed by atoms with Crippen LogP contribution in [0.2, 0.25) is 0 Å². The molecule has 2 saturated carbocycles. The number of hydrogen-bond acceptors (Lipinski definition) is 3. The molecule has 0 radical (unpaired) electrons. The molecule has 0 aromatic heterocycles. The Morgan fingerprint density at radius 2 is 2.00 bits per heavy atom. The highest BCUT2D eigenvalue weighted by Crippen LogP contribution is 2.63. The van der Waals surface area contributed by atoms with Crippen molar-refractivity contribution >= 4 is 11.6 Å². The third kappa shape index (κ3) is 2.04. The summed E-state index contributed by atoms with van der Waals surface area (Å²) in [6.07, 6.45) is 3.39. The lowest BCUT2D eigenvalue weighted by molar-refractivity contribution is 0.0954. The van der Waals surface area contributed by atoms with Crippen LogP contribution in [-0.4, -0.2) is 11.6 Å². The number of nitriles is 1. The van der Waals surface area contributed by atoms with Gasteiger partial charge in [0.2, 0.25) is 0 Å². The summed E-state index contributed by atoms with van der Waals surface area (Å²) in [7, 11) is 0. The van der Waals surface area contributed by atoms with Crippen molar-refractivity contribution in [2.24, 2.45) is 21.8 Å². The molecule has 1 N–H and O–H groups in total. The third-order valence-corrected chi connectivity index (χ3v) is 6.08. The maximum Gasteiger partial charge on any atom is 0.271 e. The van der Waals surface area contributed by atoms with Gasteiger partial charge in [-0.25, -0.2) is 5.43 Å². The number of carbonyl (C=O) groups is 1. The number of nitrogens with zero attached hydrogens (tertiary/aromatic N) is 2. The largest absolute Gasteiger partial charge is 0.271 e. The number of fused-ring (bicyclic) bond motifs is 2. The van der Waals surface area contributed by atoms with Crippen molar-refractivity contribution in [2.75, 3.05) is 0 Å². The van der Waals surface area contributed by atoms with Crippen molar-refractivity contribution in [1.29, 1.82) is 5.26 Å². The molecule has 0 unspecified atom stereocenters. The Balaban J connectivity index is 1.75. The summed E-state index contributed by atoms with van der Waals surface area (Å²) in [5.74, 6) is 0.448. The molecule has 4 heteroatoms. The number of nitrogens with one attached hydrogen (secondary N) is 1. The van der Waals surface area contributed by atoms with Crippen LogP contribution in [0.1, 0.15) is 56.0 Å². The molecule has 2 bridgehead atoms. The lowest BCUT2D eigenvalue weighted by Gasteiger charge is -2.34. The minimum atomic E-state index is -0.221. The lowest BCUT2D eigenvalue weighted by atomic mass is 9.70. The third-order valence-electron chi connectivity index (χ3n) is 6.08. The van der Waals surface area contributed by atoms with Gasteiger partial charge in [-0.15, -0.1) is 0 Å². The number of hydrogen-bond donors (Lipinski definition) is 1. The fourth-order valence-corrected chi connectivity index (χ4v) is 3.98. The monoisotopic (exact) mass is 295 g/mol. The van der Waals surface area contributed by atoms with E-state index in [1.165, 1.54) is 6.42 Å². The first kappa shape index (κ1) is 14.8. The number of rotatable bonds is 2. The van der Waals surface area contributed by atoms with E-state index >= 15 is 0 Å². The van der Waals surface area contributed by atoms with Crippen molar-refractivity contribution in [2.45, 2.75) is 40.0 Å². The summed E-state index contributed by atoms with van der Waals surface area (Å²) in [5.41, 5.74) is 5.23. The van der Waals surface area contributed by atoms with E-state index in [4.69, 9.17) is 5.26 Å². The predicted octanol–water partition coefficient (Wildman–Crippen LogP) is 3.49. The zero-order chi connectivity index (χ0) is 16.0. The van der Waals surface area contributed by atoms with E-state index in [1.54, 1.807) is 24.3 Å². The Kier molecular flexibility index (Phi) is 3.32. The van der Waals surface area contributed by atoms with Crippen LogP contribution in [0.4, 0.5) is 0 Å². The molecule has 4 nitrogen and oxygen atoms in total. The van der Waals surface area contributed by atoms with E-state index in [0.29, 0.717) is 17.0 Å². The van der Waals surface area contributed by atoms with Gasteiger partial charge in [0.05, 0.1) is 11.6 Å². The number of benzene rings is 1. The average Bonchev–Trinajstić information content (AvgIpc) is 2.85. The van der Waals surface area contributed by atoms with E-state index in [9.17, 15) is 4.79 Å². The minimum Gasteiger partial charge on any atom is -0.267 e. The summed E-state index contributed by atoms with van der Waals surface area (Å²) < 4.78 is 0. The molecule has 114 valence electrons. The molecule has 2 atom stereocenters. The van der Waals surface area contributed by atoms with Crippen LogP contribution in [0.25, 0.3) is 0 Å². The van der Waals surface area contributed by atoms with Crippen LogP contribution in [0.5, 0.6) is 0 Å². The number of carbonyl (C=O) groups excluding carboxylic acids is 1. The fraction of sp³-hybridized carbons (Fsp3) is 0.500. The van der Waals surface area contributed by atoms with E-state index in [1.807, 2.05) is 6.07 Å². The molecular weight excluding hydrogens is 274 g/mol. The van der Waals surface area contributed by atoms with Gasteiger partial charge in [0, 0.05) is 16.7 Å². The first-order valence-corrected chi connectivity index (χ1v) is 7.76. The zero-order valence-corrected chi connectivity index (χ0v) is 13.3. The molecule has 1 aromatic rings. The van der Waals surface area contributed by atoms with Gasteiger partial charge in [-0.1, -0.05) is 20.8 Å². The molecule has 2 fully saturated rings. The van der Waals surface area contributed by atoms with Crippen LogP contribution >= 0.6 is 0 Å². The van der Waals surface area contributed by atoms with Crippen LogP contribution in [-0.2, 0) is 0 Å². The van der Waals surface area contributed by atoms with Gasteiger partial charge < -0.3 is 0 Å². The number of hydrazone groups is 1. The van der Waals surface area contributed by atoms with E-state index in [2.05, 4.69) is 31.3 Å². The molecule has 1 aromatic carbocycles. The van der Waals surface area contributed by atoms with Crippen molar-refractivity contribution in [1.82, 2.24) is 5.43 Å². The van der Waals surface area contributed by atoms with E-state index < -0.39 is 0 Å². The zero-order valence-electron chi connectivity index (χ0n) is 13.3. The summed E-state index contributed by atoms with van der Waals surface area (Å²) in [6, 6.07) is 8.64. The summed E-state index contributed by atoms with van der Waals surface area (Å²) >= 11 is 0. The van der Waals surface area contributed by atoms with Gasteiger partial charge in [0.1, 0.15) is 0 Å². The van der Waals surface area contributed by atoms with Crippen LogP contribution in [0.15, 0.2) is 29.4 Å². The SMILES string of the molecule is CC1(C)[C@@H]2CC[C@@]1(C)/C(=N/NC(=O)c1ccc(C#N)cc1)C2. The van der Waals surface area contributed by atoms with Gasteiger partial charge in [-0.3, -0.25) is 4.79 Å². The fourth-order valence-electron chi connectivity index (χ4n) is 3.98. The Morgan fingerprint density at radius 1 is 1.32 bits per heavy atom. The Labute approximate surface area is 131 Å². The van der Waals surface area contributed by atoms with Crippen molar-refractivity contribution in [3.05, 3.63) is 35.4 Å². The molecule has 0 spiro atoms. The molecule has 2 aliphatic carbocycles. The molecule has 1 amide bonds. The quantitative estimate of drug-likeness (QED) is 0.849. The average molecular weight is 295 g/mol. The molecule has 0 saturated heterocycles. The topological polar surface area (TPSA) is 65.2 Å². The van der Waals surface area contributed by atoms with Crippen LogP contribution < -0.4 is 5.43 Å². The standard InChI is InChI=1S/C18H21N3O/c1-17(2)14-8-9-18(17,3)15(10-14)20-21-16(22)13-6-4-12(11-19)5-7-13/h4-7,14H,8-10H2,1-3H3,(H,21,22)/b20-15+/t14-,18+/m1/s1. The number of amides is 1. The normalized spacial score (nSPS) is 30.3. The molecular formula is C18H21N3O. The van der Waals surface area contributed by atoms with Gasteiger partial charge in [0.15, 0.2) is 0 Å².